The van der Waals surface area contributed by atoms with Crippen molar-refractivity contribution in [2.75, 3.05) is 39.8 Å². The number of benzene rings is 1. The van der Waals surface area contributed by atoms with Gasteiger partial charge in [-0.05, 0) is 62.7 Å². The van der Waals surface area contributed by atoms with Crippen LogP contribution in [0.25, 0.3) is 0 Å². The van der Waals surface area contributed by atoms with Crippen molar-refractivity contribution in [3.05, 3.63) is 35.4 Å². The summed E-state index contributed by atoms with van der Waals surface area (Å²) in [7, 11) is 1.80. The number of rotatable bonds is 6. The van der Waals surface area contributed by atoms with E-state index in [2.05, 4.69) is 51.7 Å². The lowest BCUT2D eigenvalue weighted by Gasteiger charge is -2.32. The van der Waals surface area contributed by atoms with E-state index < -0.39 is 0 Å². The van der Waals surface area contributed by atoms with Gasteiger partial charge in [0.1, 0.15) is 0 Å². The zero-order valence-electron chi connectivity index (χ0n) is 19.4. The van der Waals surface area contributed by atoms with Crippen molar-refractivity contribution in [2.24, 2.45) is 10.9 Å². The summed E-state index contributed by atoms with van der Waals surface area (Å²) < 4.78 is 5.09. The number of ether oxygens (including phenoxy) is 1. The van der Waals surface area contributed by atoms with Crippen molar-refractivity contribution >= 4 is 12.1 Å². The molecule has 0 radical (unpaired) electrons. The van der Waals surface area contributed by atoms with Gasteiger partial charge in [0, 0.05) is 39.3 Å². The van der Waals surface area contributed by atoms with Crippen LogP contribution in [-0.4, -0.2) is 67.7 Å². The Morgan fingerprint density at radius 2 is 1.71 bits per heavy atom. The van der Waals surface area contributed by atoms with Crippen molar-refractivity contribution < 1.29 is 9.53 Å². The second-order valence-electron chi connectivity index (χ2n) is 8.81. The summed E-state index contributed by atoms with van der Waals surface area (Å²) in [6.45, 7) is 10.3. The molecular weight excluding hydrogens is 390 g/mol. The fourth-order valence-corrected chi connectivity index (χ4v) is 4.24. The van der Waals surface area contributed by atoms with E-state index in [0.717, 1.165) is 37.8 Å². The Balaban J connectivity index is 1.39. The largest absolute Gasteiger partial charge is 0.450 e. The zero-order chi connectivity index (χ0) is 22.1. The molecule has 1 amide bonds. The van der Waals surface area contributed by atoms with Crippen LogP contribution in [-0.2, 0) is 17.8 Å². The molecule has 31 heavy (non-hydrogen) atoms. The van der Waals surface area contributed by atoms with Gasteiger partial charge in [0.25, 0.3) is 0 Å². The molecule has 0 saturated carbocycles. The standard InChI is InChI=1S/C24H39N5O2/c1-4-31-24(30)29-15-11-22(12-16-29)27-23(25-3)26-17-20-5-7-21(8-6-20)18-28-13-9-19(2)10-14-28/h5-8,19,22H,4,9-18H2,1-3H3,(H2,25,26,27). The molecule has 0 aromatic heterocycles. The molecule has 1 aromatic carbocycles. The normalized spacial score (nSPS) is 19.3. The molecule has 2 aliphatic heterocycles. The molecule has 172 valence electrons. The molecule has 2 N–H and O–H groups in total. The van der Waals surface area contributed by atoms with Crippen LogP contribution in [0.2, 0.25) is 0 Å². The second kappa shape index (κ2) is 11.9. The first-order valence-electron chi connectivity index (χ1n) is 11.8. The molecule has 2 fully saturated rings. The summed E-state index contributed by atoms with van der Waals surface area (Å²) in [5, 5.41) is 6.91. The minimum atomic E-state index is -0.207. The van der Waals surface area contributed by atoms with Crippen molar-refractivity contribution in [2.45, 2.75) is 58.7 Å². The minimum Gasteiger partial charge on any atom is -0.450 e. The van der Waals surface area contributed by atoms with Gasteiger partial charge in [-0.2, -0.15) is 0 Å². The van der Waals surface area contributed by atoms with Gasteiger partial charge in [-0.1, -0.05) is 31.2 Å². The predicted molar refractivity (Wildman–Crippen MR) is 125 cm³/mol. The van der Waals surface area contributed by atoms with Crippen LogP contribution in [0.1, 0.15) is 50.7 Å². The van der Waals surface area contributed by atoms with Crippen LogP contribution in [0, 0.1) is 5.92 Å². The van der Waals surface area contributed by atoms with Gasteiger partial charge in [0.05, 0.1) is 6.61 Å². The third-order valence-corrected chi connectivity index (χ3v) is 6.35. The van der Waals surface area contributed by atoms with Crippen molar-refractivity contribution in [3.8, 4) is 0 Å². The molecule has 3 rings (SSSR count). The van der Waals surface area contributed by atoms with Crippen molar-refractivity contribution in [1.82, 2.24) is 20.4 Å². The first-order valence-corrected chi connectivity index (χ1v) is 11.8. The minimum absolute atomic E-state index is 0.207. The average molecular weight is 430 g/mol. The van der Waals surface area contributed by atoms with Crippen molar-refractivity contribution in [1.29, 1.82) is 0 Å². The number of amides is 1. The summed E-state index contributed by atoms with van der Waals surface area (Å²) in [4.78, 5) is 20.5. The lowest BCUT2D eigenvalue weighted by Crippen LogP contribution is -2.49. The van der Waals surface area contributed by atoms with Gasteiger partial charge in [-0.15, -0.1) is 0 Å². The van der Waals surface area contributed by atoms with Gasteiger partial charge in [0.15, 0.2) is 5.96 Å². The van der Waals surface area contributed by atoms with Crippen molar-refractivity contribution in [3.63, 3.8) is 0 Å². The molecule has 2 saturated heterocycles. The lowest BCUT2D eigenvalue weighted by atomic mass is 9.99. The van der Waals surface area contributed by atoms with E-state index in [1.807, 2.05) is 6.92 Å². The van der Waals surface area contributed by atoms with Gasteiger partial charge in [0.2, 0.25) is 0 Å². The van der Waals surface area contributed by atoms with E-state index in [0.29, 0.717) is 25.7 Å². The monoisotopic (exact) mass is 429 g/mol. The summed E-state index contributed by atoms with van der Waals surface area (Å²) >= 11 is 0. The number of hydrogen-bond acceptors (Lipinski definition) is 4. The second-order valence-corrected chi connectivity index (χ2v) is 8.81. The van der Waals surface area contributed by atoms with Crippen LogP contribution in [0.15, 0.2) is 29.3 Å². The first-order chi connectivity index (χ1) is 15.1. The Hall–Kier alpha value is -2.28. The average Bonchev–Trinajstić information content (AvgIpc) is 2.79. The first kappa shape index (κ1) is 23.4. The molecule has 0 atom stereocenters. The zero-order valence-corrected chi connectivity index (χ0v) is 19.4. The van der Waals surface area contributed by atoms with E-state index in [4.69, 9.17) is 4.74 Å². The molecule has 7 nitrogen and oxygen atoms in total. The molecule has 0 spiro atoms. The molecule has 0 aliphatic carbocycles. The summed E-state index contributed by atoms with van der Waals surface area (Å²) in [5.41, 5.74) is 2.63. The Morgan fingerprint density at radius 1 is 1.06 bits per heavy atom. The molecule has 7 heteroatoms. The number of carbonyl (C=O) groups excluding carboxylic acids is 1. The number of nitrogens with zero attached hydrogens (tertiary/aromatic N) is 3. The topological polar surface area (TPSA) is 69.2 Å². The van der Waals surface area contributed by atoms with Crippen LogP contribution in [0.5, 0.6) is 0 Å². The number of piperidine rings is 2. The maximum absolute atomic E-state index is 11.8. The van der Waals surface area contributed by atoms with Gasteiger partial charge >= 0.3 is 6.09 Å². The highest BCUT2D eigenvalue weighted by molar-refractivity contribution is 5.80. The Bertz CT molecular complexity index is 705. The third kappa shape index (κ3) is 7.42. The number of nitrogens with one attached hydrogen (secondary N) is 2. The van der Waals surface area contributed by atoms with E-state index in [1.54, 1.807) is 11.9 Å². The number of likely N-dealkylation sites (tertiary alicyclic amines) is 2. The van der Waals surface area contributed by atoms with E-state index in [1.165, 1.54) is 37.1 Å². The fraction of sp³-hybridized carbons (Fsp3) is 0.667. The fourth-order valence-electron chi connectivity index (χ4n) is 4.24. The molecular formula is C24H39N5O2. The molecule has 1 aromatic rings. The number of carbonyl (C=O) groups is 1. The highest BCUT2D eigenvalue weighted by atomic mass is 16.6. The van der Waals surface area contributed by atoms with Crippen LogP contribution < -0.4 is 10.6 Å². The maximum atomic E-state index is 11.8. The highest BCUT2D eigenvalue weighted by Crippen LogP contribution is 2.18. The van der Waals surface area contributed by atoms with E-state index >= 15 is 0 Å². The Kier molecular flexibility index (Phi) is 9.00. The number of guanidine groups is 1. The maximum Gasteiger partial charge on any atom is 0.409 e. The third-order valence-electron chi connectivity index (χ3n) is 6.35. The van der Waals surface area contributed by atoms with Crippen LogP contribution in [0.4, 0.5) is 4.79 Å². The number of hydrogen-bond donors (Lipinski definition) is 2. The predicted octanol–water partition coefficient (Wildman–Crippen LogP) is 3.20. The van der Waals surface area contributed by atoms with E-state index in [9.17, 15) is 4.79 Å². The summed E-state index contributed by atoms with van der Waals surface area (Å²) in [6, 6.07) is 9.22. The lowest BCUT2D eigenvalue weighted by molar-refractivity contribution is 0.0963. The van der Waals surface area contributed by atoms with Gasteiger partial charge < -0.3 is 20.3 Å². The summed E-state index contributed by atoms with van der Waals surface area (Å²) in [6.07, 6.45) is 4.21. The van der Waals surface area contributed by atoms with Crippen LogP contribution >= 0.6 is 0 Å². The SMILES string of the molecule is CCOC(=O)N1CCC(NC(=NC)NCc2ccc(CN3CCC(C)CC3)cc2)CC1. The molecule has 2 aliphatic rings. The Labute approximate surface area is 187 Å². The summed E-state index contributed by atoms with van der Waals surface area (Å²) in [5.74, 6) is 1.68. The van der Waals surface area contributed by atoms with Gasteiger partial charge in [-0.3, -0.25) is 9.89 Å². The highest BCUT2D eigenvalue weighted by Gasteiger charge is 2.24. The van der Waals surface area contributed by atoms with E-state index in [-0.39, 0.29) is 6.09 Å². The Morgan fingerprint density at radius 3 is 2.32 bits per heavy atom. The number of aliphatic imine (C=N–C) groups is 1. The van der Waals surface area contributed by atoms with Crippen LogP contribution in [0.3, 0.4) is 0 Å². The molecule has 0 bridgehead atoms. The molecule has 0 unspecified atom stereocenters. The molecule has 2 heterocycles. The van der Waals surface area contributed by atoms with Gasteiger partial charge in [-0.25, -0.2) is 4.79 Å². The quantitative estimate of drug-likeness (QED) is 0.537. The smallest absolute Gasteiger partial charge is 0.409 e.